The van der Waals surface area contributed by atoms with Gasteiger partial charge < -0.3 is 24.8 Å². The molecule has 0 amide bonds. The van der Waals surface area contributed by atoms with Gasteiger partial charge >= 0.3 is 0 Å². The number of piperidine rings is 2. The summed E-state index contributed by atoms with van der Waals surface area (Å²) in [7, 11) is 1.70. The third-order valence-corrected chi connectivity index (χ3v) is 4.45. The highest BCUT2D eigenvalue weighted by atomic mass is 35.5. The summed E-state index contributed by atoms with van der Waals surface area (Å²) in [6, 6.07) is 0. The molecule has 2 aliphatic rings. The lowest BCUT2D eigenvalue weighted by Gasteiger charge is -2.39. The molecule has 2 unspecified atom stereocenters. The van der Waals surface area contributed by atoms with Crippen molar-refractivity contribution in [3.63, 3.8) is 0 Å². The fourth-order valence-corrected chi connectivity index (χ4v) is 3.38. The van der Waals surface area contributed by atoms with E-state index >= 15 is 0 Å². The van der Waals surface area contributed by atoms with Crippen LogP contribution in [-0.2, 0) is 9.47 Å². The van der Waals surface area contributed by atoms with Gasteiger partial charge in [0.25, 0.3) is 0 Å². The van der Waals surface area contributed by atoms with Crippen molar-refractivity contribution in [2.45, 2.75) is 25.4 Å². The van der Waals surface area contributed by atoms with Gasteiger partial charge in [-0.2, -0.15) is 0 Å². The van der Waals surface area contributed by atoms with Gasteiger partial charge in [-0.05, 0) is 44.2 Å². The van der Waals surface area contributed by atoms with Crippen molar-refractivity contribution in [3.05, 3.63) is 0 Å². The van der Waals surface area contributed by atoms with Crippen molar-refractivity contribution < 1.29 is 14.6 Å². The molecule has 2 heterocycles. The largest absolute Gasteiger partial charge is 0.396 e. The first-order valence-electron chi connectivity index (χ1n) is 7.96. The Balaban J connectivity index is 0.00000220. The fourth-order valence-electron chi connectivity index (χ4n) is 3.38. The third kappa shape index (κ3) is 6.80. The zero-order valence-electron chi connectivity index (χ0n) is 13.1. The van der Waals surface area contributed by atoms with E-state index in [-0.39, 0.29) is 25.1 Å². The van der Waals surface area contributed by atoms with E-state index in [9.17, 15) is 5.11 Å². The fraction of sp³-hybridized carbons (Fsp3) is 1.00. The number of nitrogens with one attached hydrogen (secondary N) is 1. The highest BCUT2D eigenvalue weighted by molar-refractivity contribution is 5.85. The lowest BCUT2D eigenvalue weighted by molar-refractivity contribution is -0.0470. The van der Waals surface area contributed by atoms with E-state index in [1.165, 1.54) is 12.8 Å². The number of aliphatic hydroxyl groups excluding tert-OH is 1. The molecule has 21 heavy (non-hydrogen) atoms. The van der Waals surface area contributed by atoms with E-state index < -0.39 is 0 Å². The van der Waals surface area contributed by atoms with Crippen molar-refractivity contribution in [2.75, 3.05) is 59.7 Å². The highest BCUT2D eigenvalue weighted by Gasteiger charge is 2.29. The van der Waals surface area contributed by atoms with E-state index in [2.05, 4.69) is 10.2 Å². The summed E-state index contributed by atoms with van der Waals surface area (Å²) in [6.45, 7) is 7.05. The number of halogens is 1. The smallest absolute Gasteiger partial charge is 0.0707 e. The van der Waals surface area contributed by atoms with Crippen LogP contribution < -0.4 is 5.32 Å². The van der Waals surface area contributed by atoms with Crippen LogP contribution in [0.3, 0.4) is 0 Å². The summed E-state index contributed by atoms with van der Waals surface area (Å²) in [5, 5.41) is 12.9. The van der Waals surface area contributed by atoms with E-state index in [4.69, 9.17) is 9.47 Å². The lowest BCUT2D eigenvalue weighted by atomic mass is 9.93. The minimum Gasteiger partial charge on any atom is -0.396 e. The number of hydrogen-bond acceptors (Lipinski definition) is 5. The van der Waals surface area contributed by atoms with E-state index in [0.29, 0.717) is 19.1 Å². The van der Waals surface area contributed by atoms with Crippen LogP contribution >= 0.6 is 12.4 Å². The van der Waals surface area contributed by atoms with Gasteiger partial charge in [-0.25, -0.2) is 0 Å². The van der Waals surface area contributed by atoms with Gasteiger partial charge in [0, 0.05) is 33.4 Å². The molecule has 0 saturated carbocycles. The summed E-state index contributed by atoms with van der Waals surface area (Å²) < 4.78 is 10.9. The van der Waals surface area contributed by atoms with Gasteiger partial charge in [-0.3, -0.25) is 0 Å². The molecular weight excluding hydrogens is 292 g/mol. The third-order valence-electron chi connectivity index (χ3n) is 4.45. The Labute approximate surface area is 134 Å². The molecule has 0 bridgehead atoms. The van der Waals surface area contributed by atoms with Crippen molar-refractivity contribution in [1.29, 1.82) is 0 Å². The van der Waals surface area contributed by atoms with Crippen molar-refractivity contribution in [3.8, 4) is 0 Å². The minimum atomic E-state index is 0. The molecule has 2 N–H and O–H groups in total. The molecule has 2 saturated heterocycles. The monoisotopic (exact) mass is 322 g/mol. The maximum Gasteiger partial charge on any atom is 0.0707 e. The summed E-state index contributed by atoms with van der Waals surface area (Å²) in [4.78, 5) is 2.50. The minimum absolute atomic E-state index is 0. The van der Waals surface area contributed by atoms with Crippen LogP contribution in [0.2, 0.25) is 0 Å². The highest BCUT2D eigenvalue weighted by Crippen LogP contribution is 2.22. The Morgan fingerprint density at radius 2 is 1.90 bits per heavy atom. The Morgan fingerprint density at radius 3 is 2.57 bits per heavy atom. The van der Waals surface area contributed by atoms with E-state index in [1.807, 2.05) is 0 Å². The SMILES string of the molecule is COCCOC1CC(CO)CN(CC2CCNCC2)C1.Cl. The Kier molecular flexibility index (Phi) is 9.80. The summed E-state index contributed by atoms with van der Waals surface area (Å²) >= 11 is 0. The van der Waals surface area contributed by atoms with Crippen LogP contribution in [0.1, 0.15) is 19.3 Å². The van der Waals surface area contributed by atoms with Gasteiger partial charge in [-0.1, -0.05) is 0 Å². The number of likely N-dealkylation sites (tertiary alicyclic amines) is 1. The maximum absolute atomic E-state index is 9.49. The van der Waals surface area contributed by atoms with Crippen molar-refractivity contribution in [2.24, 2.45) is 11.8 Å². The predicted octanol–water partition coefficient (Wildman–Crippen LogP) is 0.754. The zero-order chi connectivity index (χ0) is 14.2. The van der Waals surface area contributed by atoms with Crippen molar-refractivity contribution in [1.82, 2.24) is 10.2 Å². The Morgan fingerprint density at radius 1 is 1.14 bits per heavy atom. The summed E-state index contributed by atoms with van der Waals surface area (Å²) in [6.07, 6.45) is 3.77. The van der Waals surface area contributed by atoms with E-state index in [1.54, 1.807) is 7.11 Å². The standard InChI is InChI=1S/C15H30N2O3.ClH/c1-19-6-7-20-15-8-14(12-18)10-17(11-15)9-13-2-4-16-5-3-13;/h13-16,18H,2-12H2,1H3;1H. The average molecular weight is 323 g/mol. The maximum atomic E-state index is 9.49. The molecule has 126 valence electrons. The van der Waals surface area contributed by atoms with Gasteiger partial charge in [0.05, 0.1) is 19.3 Å². The zero-order valence-corrected chi connectivity index (χ0v) is 13.9. The van der Waals surface area contributed by atoms with Crippen LogP contribution in [0, 0.1) is 11.8 Å². The molecule has 5 nitrogen and oxygen atoms in total. The normalized spacial score (nSPS) is 28.3. The summed E-state index contributed by atoms with van der Waals surface area (Å²) in [5.74, 6) is 1.16. The van der Waals surface area contributed by atoms with E-state index in [0.717, 1.165) is 45.1 Å². The lowest BCUT2D eigenvalue weighted by Crippen LogP contribution is -2.48. The topological polar surface area (TPSA) is 54.0 Å². The van der Waals surface area contributed by atoms with Crippen molar-refractivity contribution >= 4 is 12.4 Å². The predicted molar refractivity (Wildman–Crippen MR) is 86.1 cm³/mol. The number of hydrogen-bond donors (Lipinski definition) is 2. The Bertz CT molecular complexity index is 265. The molecular formula is C15H31ClN2O3. The second-order valence-electron chi connectivity index (χ2n) is 6.18. The van der Waals surface area contributed by atoms with Gasteiger partial charge in [-0.15, -0.1) is 12.4 Å². The van der Waals surface area contributed by atoms with Gasteiger partial charge in [0.2, 0.25) is 0 Å². The molecule has 2 aliphatic heterocycles. The molecule has 6 heteroatoms. The number of ether oxygens (including phenoxy) is 2. The molecule has 0 radical (unpaired) electrons. The van der Waals surface area contributed by atoms with Crippen LogP contribution in [0.4, 0.5) is 0 Å². The first-order chi connectivity index (χ1) is 9.81. The quantitative estimate of drug-likeness (QED) is 0.678. The molecule has 2 atom stereocenters. The Hall–Kier alpha value is 0.0900. The molecule has 2 rings (SSSR count). The first-order valence-corrected chi connectivity index (χ1v) is 7.96. The average Bonchev–Trinajstić information content (AvgIpc) is 2.48. The second kappa shape index (κ2) is 10.8. The number of aliphatic hydroxyl groups is 1. The van der Waals surface area contributed by atoms with Gasteiger partial charge in [0.15, 0.2) is 0 Å². The summed E-state index contributed by atoms with van der Waals surface area (Å²) in [5.41, 5.74) is 0. The molecule has 0 aromatic carbocycles. The molecule has 0 spiro atoms. The van der Waals surface area contributed by atoms with Crippen LogP contribution in [-0.4, -0.2) is 75.8 Å². The van der Waals surface area contributed by atoms with Gasteiger partial charge in [0.1, 0.15) is 0 Å². The van der Waals surface area contributed by atoms with Crippen LogP contribution in [0.25, 0.3) is 0 Å². The second-order valence-corrected chi connectivity index (χ2v) is 6.18. The molecule has 0 aromatic rings. The molecule has 0 aromatic heterocycles. The molecule has 0 aliphatic carbocycles. The number of rotatable bonds is 7. The first kappa shape index (κ1) is 19.1. The van der Waals surface area contributed by atoms with Crippen LogP contribution in [0.15, 0.2) is 0 Å². The number of methoxy groups -OCH3 is 1. The molecule has 2 fully saturated rings. The number of nitrogens with zero attached hydrogens (tertiary/aromatic N) is 1. The van der Waals surface area contributed by atoms with Crippen LogP contribution in [0.5, 0.6) is 0 Å².